The van der Waals surface area contributed by atoms with Crippen molar-refractivity contribution in [1.82, 2.24) is 10.6 Å². The van der Waals surface area contributed by atoms with Crippen molar-refractivity contribution in [3.63, 3.8) is 0 Å². The van der Waals surface area contributed by atoms with Gasteiger partial charge in [0.15, 0.2) is 0 Å². The molecule has 16 heavy (non-hydrogen) atoms. The molecule has 0 bridgehead atoms. The molecule has 1 aromatic rings. The lowest BCUT2D eigenvalue weighted by Crippen LogP contribution is -2.39. The molecule has 3 nitrogen and oxygen atoms in total. The van der Waals surface area contributed by atoms with Crippen molar-refractivity contribution in [2.45, 2.75) is 25.4 Å². The van der Waals surface area contributed by atoms with Gasteiger partial charge in [0.1, 0.15) is 0 Å². The van der Waals surface area contributed by atoms with Crippen LogP contribution in [0.3, 0.4) is 0 Å². The smallest absolute Gasteiger partial charge is 0.237 e. The molecule has 0 radical (unpaired) electrons. The van der Waals surface area contributed by atoms with Crippen molar-refractivity contribution in [2.24, 2.45) is 0 Å². The Balaban J connectivity index is 1.82. The maximum absolute atomic E-state index is 11.7. The summed E-state index contributed by atoms with van der Waals surface area (Å²) in [5.41, 5.74) is 1.07. The first-order valence-corrected chi connectivity index (χ1v) is 5.89. The highest BCUT2D eigenvalue weighted by Gasteiger charge is 2.21. The summed E-state index contributed by atoms with van der Waals surface area (Å²) in [6.07, 6.45) is 2.02. The molecular formula is C12H15ClN2O. The van der Waals surface area contributed by atoms with Crippen molar-refractivity contribution in [3.05, 3.63) is 34.9 Å². The SMILES string of the molecule is O=C(NCc1ccc(Cl)cc1)[C@H]1CCCN1. The third kappa shape index (κ3) is 2.97. The largest absolute Gasteiger partial charge is 0.351 e. The Hall–Kier alpha value is -1.06. The monoisotopic (exact) mass is 238 g/mol. The van der Waals surface area contributed by atoms with Gasteiger partial charge in [-0.1, -0.05) is 23.7 Å². The quantitative estimate of drug-likeness (QED) is 0.842. The number of carbonyl (C=O) groups is 1. The lowest BCUT2D eigenvalue weighted by Gasteiger charge is -2.10. The molecule has 1 aliphatic heterocycles. The van der Waals surface area contributed by atoms with Crippen LogP contribution in [0.15, 0.2) is 24.3 Å². The van der Waals surface area contributed by atoms with E-state index in [2.05, 4.69) is 10.6 Å². The molecule has 1 heterocycles. The maximum Gasteiger partial charge on any atom is 0.237 e. The third-order valence-corrected chi connectivity index (χ3v) is 3.01. The van der Waals surface area contributed by atoms with Crippen LogP contribution in [-0.4, -0.2) is 18.5 Å². The highest BCUT2D eigenvalue weighted by atomic mass is 35.5. The first kappa shape index (κ1) is 11.4. The van der Waals surface area contributed by atoms with E-state index in [0.29, 0.717) is 11.6 Å². The Bertz CT molecular complexity index is 358. The van der Waals surface area contributed by atoms with Gasteiger partial charge in [-0.25, -0.2) is 0 Å². The summed E-state index contributed by atoms with van der Waals surface area (Å²) in [6.45, 7) is 1.51. The summed E-state index contributed by atoms with van der Waals surface area (Å²) in [5, 5.41) is 6.80. The first-order valence-electron chi connectivity index (χ1n) is 5.51. The first-order chi connectivity index (χ1) is 7.75. The highest BCUT2D eigenvalue weighted by Crippen LogP contribution is 2.09. The third-order valence-electron chi connectivity index (χ3n) is 2.76. The number of hydrogen-bond acceptors (Lipinski definition) is 2. The zero-order valence-corrected chi connectivity index (χ0v) is 9.76. The number of rotatable bonds is 3. The van der Waals surface area contributed by atoms with E-state index in [-0.39, 0.29) is 11.9 Å². The summed E-state index contributed by atoms with van der Waals surface area (Å²) < 4.78 is 0. The number of hydrogen-bond donors (Lipinski definition) is 2. The Morgan fingerprint density at radius 3 is 2.81 bits per heavy atom. The fourth-order valence-corrected chi connectivity index (χ4v) is 1.95. The lowest BCUT2D eigenvalue weighted by molar-refractivity contribution is -0.122. The summed E-state index contributed by atoms with van der Waals surface area (Å²) in [5.74, 6) is 0.0902. The summed E-state index contributed by atoms with van der Waals surface area (Å²) >= 11 is 5.78. The van der Waals surface area contributed by atoms with Crippen LogP contribution in [0.2, 0.25) is 5.02 Å². The Morgan fingerprint density at radius 2 is 2.19 bits per heavy atom. The topological polar surface area (TPSA) is 41.1 Å². The van der Waals surface area contributed by atoms with Crippen molar-refractivity contribution < 1.29 is 4.79 Å². The van der Waals surface area contributed by atoms with Gasteiger partial charge in [0.05, 0.1) is 6.04 Å². The zero-order chi connectivity index (χ0) is 11.4. The van der Waals surface area contributed by atoms with Crippen molar-refractivity contribution in [3.8, 4) is 0 Å². The van der Waals surface area contributed by atoms with E-state index in [9.17, 15) is 4.79 Å². The van der Waals surface area contributed by atoms with E-state index in [4.69, 9.17) is 11.6 Å². The molecule has 1 aliphatic rings. The van der Waals surface area contributed by atoms with Crippen LogP contribution >= 0.6 is 11.6 Å². The summed E-state index contributed by atoms with van der Waals surface area (Å²) in [7, 11) is 0. The van der Waals surface area contributed by atoms with Crippen molar-refractivity contribution in [1.29, 1.82) is 0 Å². The summed E-state index contributed by atoms with van der Waals surface area (Å²) in [6, 6.07) is 7.50. The maximum atomic E-state index is 11.7. The van der Waals surface area contributed by atoms with Gasteiger partial charge in [0, 0.05) is 11.6 Å². The molecule has 1 atom stereocenters. The standard InChI is InChI=1S/C12H15ClN2O/c13-10-5-3-9(4-6-10)8-15-12(16)11-2-1-7-14-11/h3-6,11,14H,1-2,7-8H2,(H,15,16)/t11-/m1/s1. The molecular weight excluding hydrogens is 224 g/mol. The molecule has 0 saturated carbocycles. The van der Waals surface area contributed by atoms with Gasteiger partial charge >= 0.3 is 0 Å². The molecule has 86 valence electrons. The number of halogens is 1. The number of nitrogens with one attached hydrogen (secondary N) is 2. The Labute approximate surface area is 100 Å². The molecule has 4 heteroatoms. The van der Waals surface area contributed by atoms with E-state index in [1.165, 1.54) is 0 Å². The average molecular weight is 239 g/mol. The van der Waals surface area contributed by atoms with Crippen LogP contribution in [-0.2, 0) is 11.3 Å². The zero-order valence-electron chi connectivity index (χ0n) is 9.00. The van der Waals surface area contributed by atoms with E-state index >= 15 is 0 Å². The van der Waals surface area contributed by atoms with Gasteiger partial charge in [0.25, 0.3) is 0 Å². The van der Waals surface area contributed by atoms with Gasteiger partial charge in [-0.05, 0) is 37.1 Å². The van der Waals surface area contributed by atoms with E-state index < -0.39 is 0 Å². The van der Waals surface area contributed by atoms with Gasteiger partial charge in [0.2, 0.25) is 5.91 Å². The number of carbonyl (C=O) groups excluding carboxylic acids is 1. The Kier molecular flexibility index (Phi) is 3.80. The second kappa shape index (κ2) is 5.32. The molecule has 1 saturated heterocycles. The van der Waals surface area contributed by atoms with Gasteiger partial charge in [-0.2, -0.15) is 0 Å². The minimum absolute atomic E-state index is 0.00713. The molecule has 1 aromatic carbocycles. The average Bonchev–Trinajstić information content (AvgIpc) is 2.81. The van der Waals surface area contributed by atoms with Crippen LogP contribution in [0.1, 0.15) is 18.4 Å². The summed E-state index contributed by atoms with van der Waals surface area (Å²) in [4.78, 5) is 11.7. The second-order valence-corrected chi connectivity index (χ2v) is 4.43. The van der Waals surface area contributed by atoms with E-state index in [1.807, 2.05) is 24.3 Å². The van der Waals surface area contributed by atoms with Gasteiger partial charge in [-0.15, -0.1) is 0 Å². The second-order valence-electron chi connectivity index (χ2n) is 3.99. The molecule has 0 unspecified atom stereocenters. The molecule has 0 spiro atoms. The molecule has 1 amide bonds. The van der Waals surface area contributed by atoms with Crippen LogP contribution in [0.25, 0.3) is 0 Å². The minimum Gasteiger partial charge on any atom is -0.351 e. The normalized spacial score (nSPS) is 19.7. The van der Waals surface area contributed by atoms with E-state index in [1.54, 1.807) is 0 Å². The van der Waals surface area contributed by atoms with Crippen LogP contribution in [0, 0.1) is 0 Å². The number of benzene rings is 1. The lowest BCUT2D eigenvalue weighted by atomic mass is 10.2. The van der Waals surface area contributed by atoms with Crippen LogP contribution in [0.5, 0.6) is 0 Å². The van der Waals surface area contributed by atoms with Crippen LogP contribution in [0.4, 0.5) is 0 Å². The molecule has 0 aromatic heterocycles. The van der Waals surface area contributed by atoms with Gasteiger partial charge < -0.3 is 10.6 Å². The molecule has 0 aliphatic carbocycles. The van der Waals surface area contributed by atoms with Crippen molar-refractivity contribution >= 4 is 17.5 Å². The fraction of sp³-hybridized carbons (Fsp3) is 0.417. The minimum atomic E-state index is -0.00713. The fourth-order valence-electron chi connectivity index (χ4n) is 1.82. The van der Waals surface area contributed by atoms with Gasteiger partial charge in [-0.3, -0.25) is 4.79 Å². The predicted octanol–water partition coefficient (Wildman–Crippen LogP) is 1.71. The molecule has 2 rings (SSSR count). The predicted molar refractivity (Wildman–Crippen MR) is 64.3 cm³/mol. The van der Waals surface area contributed by atoms with E-state index in [0.717, 1.165) is 24.9 Å². The Morgan fingerprint density at radius 1 is 1.44 bits per heavy atom. The molecule has 2 N–H and O–H groups in total. The highest BCUT2D eigenvalue weighted by molar-refractivity contribution is 6.30. The number of amides is 1. The van der Waals surface area contributed by atoms with Crippen molar-refractivity contribution in [2.75, 3.05) is 6.54 Å². The van der Waals surface area contributed by atoms with Crippen LogP contribution < -0.4 is 10.6 Å². The molecule has 1 fully saturated rings.